The Labute approximate surface area is 276 Å². The number of rotatable bonds is 7. The zero-order valence-corrected chi connectivity index (χ0v) is 27.9. The maximum Gasteiger partial charge on any atom is 0.418 e. The highest BCUT2D eigenvalue weighted by Crippen LogP contribution is 2.48. The van der Waals surface area contributed by atoms with E-state index in [0.29, 0.717) is 19.0 Å². The summed E-state index contributed by atoms with van der Waals surface area (Å²) in [5.74, 6) is 1.08. The van der Waals surface area contributed by atoms with Gasteiger partial charge in [-0.25, -0.2) is 12.4 Å². The van der Waals surface area contributed by atoms with Crippen molar-refractivity contribution in [3.63, 3.8) is 0 Å². The van der Waals surface area contributed by atoms with Crippen molar-refractivity contribution < 1.29 is 21.6 Å². The summed E-state index contributed by atoms with van der Waals surface area (Å²) in [7, 11) is -2.64. The first-order valence-electron chi connectivity index (χ1n) is 16.2. The van der Waals surface area contributed by atoms with Gasteiger partial charge in [0.15, 0.2) is 0 Å². The van der Waals surface area contributed by atoms with Gasteiger partial charge in [0.25, 0.3) is 15.6 Å². The quantitative estimate of drug-likeness (QED) is 0.204. The van der Waals surface area contributed by atoms with Gasteiger partial charge < -0.3 is 4.57 Å². The lowest BCUT2D eigenvalue weighted by Gasteiger charge is -2.41. The fourth-order valence-electron chi connectivity index (χ4n) is 7.44. The molecule has 0 unspecified atom stereocenters. The van der Waals surface area contributed by atoms with Gasteiger partial charge in [0.05, 0.1) is 15.9 Å². The predicted molar refractivity (Wildman–Crippen MR) is 176 cm³/mol. The number of piperidine rings is 1. The summed E-state index contributed by atoms with van der Waals surface area (Å²) in [5.41, 5.74) is -1.04. The number of aromatic nitrogens is 5. The van der Waals surface area contributed by atoms with Gasteiger partial charge in [-0.1, -0.05) is 43.2 Å². The molecule has 3 aromatic heterocycles. The molecule has 252 valence electrons. The van der Waals surface area contributed by atoms with Crippen LogP contribution in [0.5, 0.6) is 0 Å². The topological polar surface area (TPSA) is 95.0 Å². The van der Waals surface area contributed by atoms with Crippen LogP contribution in [0.4, 0.5) is 13.2 Å². The van der Waals surface area contributed by atoms with Crippen LogP contribution >= 0.6 is 0 Å². The van der Waals surface area contributed by atoms with Gasteiger partial charge in [0, 0.05) is 43.1 Å². The first-order chi connectivity index (χ1) is 22.8. The average molecular weight is 679 g/mol. The average Bonchev–Trinajstić information content (AvgIpc) is 3.61. The van der Waals surface area contributed by atoms with Crippen LogP contribution in [0.1, 0.15) is 67.2 Å². The van der Waals surface area contributed by atoms with Crippen LogP contribution in [0.3, 0.4) is 0 Å². The van der Waals surface area contributed by atoms with Gasteiger partial charge in [-0.05, 0) is 81.0 Å². The first kappa shape index (κ1) is 32.3. The third-order valence-electron chi connectivity index (χ3n) is 10.0. The van der Waals surface area contributed by atoms with Crippen molar-refractivity contribution in [3.8, 4) is 5.69 Å². The maximum absolute atomic E-state index is 14.9. The largest absolute Gasteiger partial charge is 0.418 e. The maximum atomic E-state index is 14.9. The molecule has 48 heavy (non-hydrogen) atoms. The van der Waals surface area contributed by atoms with E-state index in [0.717, 1.165) is 63.8 Å². The van der Waals surface area contributed by atoms with Crippen molar-refractivity contribution >= 4 is 20.9 Å². The number of hydrogen-bond acceptors (Lipinski definition) is 6. The number of benzene rings is 2. The third kappa shape index (κ3) is 5.36. The van der Waals surface area contributed by atoms with Crippen molar-refractivity contribution in [1.82, 2.24) is 28.2 Å². The van der Waals surface area contributed by atoms with E-state index < -0.39 is 43.6 Å². The molecule has 1 aliphatic carbocycles. The van der Waals surface area contributed by atoms with Crippen molar-refractivity contribution in [2.24, 2.45) is 13.0 Å². The molecular weight excluding hydrogens is 641 g/mol. The highest BCUT2D eigenvalue weighted by molar-refractivity contribution is 7.90. The SMILES string of the molecule is Cc1ccc(S(=O)(=O)n2c(CN3CCC[C@H](C)C3)cc3c(C(F)(F)F)cn(-c4cccc(C5(c6nncn6C)CCC5)c4)c(=O)c32)cc1. The molecule has 13 heteroatoms. The molecule has 1 atom stereocenters. The molecule has 0 spiro atoms. The standard InChI is InChI=1S/C35H37F3N6O3S/c1-23-10-12-28(13-11-23)48(46,47)44-27(20-42-16-5-7-24(2)19-42)18-29-30(35(36,37)38)21-43(32(45)31(29)44)26-9-4-8-25(17-26)34(14-6-15-34)33-40-39-22-41(33)3/h4,8-13,17-18,21-22,24H,5-7,14-16,19-20H2,1-3H3/t24-/m0/s1. The summed E-state index contributed by atoms with van der Waals surface area (Å²) in [6.07, 6.45) is 1.90. The number of alkyl halides is 3. The molecular formula is C35H37F3N6O3S. The lowest BCUT2D eigenvalue weighted by atomic mass is 9.63. The van der Waals surface area contributed by atoms with Crippen LogP contribution in [0.15, 0.2) is 76.8 Å². The predicted octanol–water partition coefficient (Wildman–Crippen LogP) is 6.19. The zero-order chi connectivity index (χ0) is 34.0. The Hall–Kier alpha value is -4.23. The Morgan fingerprint density at radius 1 is 1.04 bits per heavy atom. The monoisotopic (exact) mass is 678 g/mol. The molecule has 0 N–H and O–H groups in total. The number of nitrogens with zero attached hydrogens (tertiary/aromatic N) is 6. The minimum Gasteiger partial charge on any atom is -0.320 e. The molecule has 5 aromatic rings. The second-order valence-corrected chi connectivity index (χ2v) is 15.2. The fourth-order valence-corrected chi connectivity index (χ4v) is 8.97. The van der Waals surface area contributed by atoms with E-state index in [-0.39, 0.29) is 22.8 Å². The van der Waals surface area contributed by atoms with Crippen molar-refractivity contribution in [3.05, 3.63) is 106 Å². The summed E-state index contributed by atoms with van der Waals surface area (Å²) in [6, 6.07) is 14.2. The number of halogens is 3. The lowest BCUT2D eigenvalue weighted by Crippen LogP contribution is -2.38. The Kier molecular flexibility index (Phi) is 7.90. The molecule has 4 heterocycles. The minimum atomic E-state index is -4.88. The second-order valence-electron chi connectivity index (χ2n) is 13.4. The minimum absolute atomic E-state index is 0.0799. The highest BCUT2D eigenvalue weighted by atomic mass is 32.2. The highest BCUT2D eigenvalue weighted by Gasteiger charge is 2.44. The molecule has 0 amide bonds. The molecule has 1 aliphatic heterocycles. The Bertz CT molecular complexity index is 2180. The van der Waals surface area contributed by atoms with Gasteiger partial charge in [-0.15, -0.1) is 10.2 Å². The van der Waals surface area contributed by atoms with Crippen LogP contribution in [-0.4, -0.2) is 49.7 Å². The first-order valence-corrected chi connectivity index (χ1v) is 17.6. The van der Waals surface area contributed by atoms with E-state index in [9.17, 15) is 26.4 Å². The Morgan fingerprint density at radius 2 is 1.79 bits per heavy atom. The third-order valence-corrected chi connectivity index (χ3v) is 11.8. The smallest absolute Gasteiger partial charge is 0.320 e. The van der Waals surface area contributed by atoms with Crippen molar-refractivity contribution in [2.45, 2.75) is 69.0 Å². The van der Waals surface area contributed by atoms with Crippen LogP contribution < -0.4 is 5.56 Å². The van der Waals surface area contributed by atoms with E-state index in [1.54, 1.807) is 36.7 Å². The van der Waals surface area contributed by atoms with E-state index in [1.807, 2.05) is 29.5 Å². The molecule has 1 saturated heterocycles. The van der Waals surface area contributed by atoms with Gasteiger partial charge in [0.2, 0.25) is 0 Å². The number of fused-ring (bicyclic) bond motifs is 1. The summed E-state index contributed by atoms with van der Waals surface area (Å²) < 4.78 is 77.2. The van der Waals surface area contributed by atoms with Gasteiger partial charge in [-0.2, -0.15) is 13.2 Å². The Balaban J connectivity index is 1.48. The summed E-state index contributed by atoms with van der Waals surface area (Å²) in [5, 5.41) is 7.95. The zero-order valence-electron chi connectivity index (χ0n) is 27.0. The number of aryl methyl sites for hydroxylation is 2. The number of likely N-dealkylation sites (tertiary alicyclic amines) is 1. The van der Waals surface area contributed by atoms with Gasteiger partial charge in [0.1, 0.15) is 17.7 Å². The lowest BCUT2D eigenvalue weighted by molar-refractivity contribution is -0.136. The van der Waals surface area contributed by atoms with E-state index in [1.165, 1.54) is 18.2 Å². The molecule has 1 saturated carbocycles. The number of pyridine rings is 1. The van der Waals surface area contributed by atoms with Gasteiger partial charge >= 0.3 is 6.18 Å². The van der Waals surface area contributed by atoms with Crippen LogP contribution in [0.2, 0.25) is 0 Å². The fraction of sp³-hybridized carbons (Fsp3) is 0.400. The van der Waals surface area contributed by atoms with Crippen molar-refractivity contribution in [2.75, 3.05) is 13.1 Å². The molecule has 0 bridgehead atoms. The molecule has 0 radical (unpaired) electrons. The van der Waals surface area contributed by atoms with Crippen LogP contribution in [0, 0.1) is 12.8 Å². The summed E-state index contributed by atoms with van der Waals surface area (Å²) in [6.45, 7) is 5.33. The molecule has 2 aliphatic rings. The number of hydrogen-bond donors (Lipinski definition) is 0. The molecule has 2 aromatic carbocycles. The summed E-state index contributed by atoms with van der Waals surface area (Å²) >= 11 is 0. The Morgan fingerprint density at radius 3 is 2.42 bits per heavy atom. The van der Waals surface area contributed by atoms with Gasteiger partial charge in [-0.3, -0.25) is 14.3 Å². The normalized spacial score (nSPS) is 18.7. The van der Waals surface area contributed by atoms with Crippen LogP contribution in [-0.2, 0) is 35.2 Å². The van der Waals surface area contributed by atoms with Crippen LogP contribution in [0.25, 0.3) is 16.6 Å². The molecule has 2 fully saturated rings. The molecule has 9 nitrogen and oxygen atoms in total. The molecule has 7 rings (SSSR count). The van der Waals surface area contributed by atoms with E-state index >= 15 is 0 Å². The summed E-state index contributed by atoms with van der Waals surface area (Å²) in [4.78, 5) is 16.4. The van der Waals surface area contributed by atoms with E-state index in [2.05, 4.69) is 17.1 Å². The second kappa shape index (κ2) is 11.7. The van der Waals surface area contributed by atoms with E-state index in [4.69, 9.17) is 0 Å². The van der Waals surface area contributed by atoms with Crippen molar-refractivity contribution in [1.29, 1.82) is 0 Å².